The van der Waals surface area contributed by atoms with Crippen LogP contribution >= 0.6 is 0 Å². The van der Waals surface area contributed by atoms with Gasteiger partial charge in [0.1, 0.15) is 5.82 Å². The van der Waals surface area contributed by atoms with E-state index < -0.39 is 5.67 Å². The Kier molecular flexibility index (Phi) is 1.84. The molecule has 0 bridgehead atoms. The Hall–Kier alpha value is -1.38. The molecule has 0 saturated carbocycles. The van der Waals surface area contributed by atoms with E-state index in [1.54, 1.807) is 4.57 Å². The first-order valence-corrected chi connectivity index (χ1v) is 4.61. The number of imidazole rings is 1. The van der Waals surface area contributed by atoms with Gasteiger partial charge in [-0.1, -0.05) is 12.1 Å². The van der Waals surface area contributed by atoms with E-state index in [0.717, 1.165) is 11.0 Å². The molecule has 2 aromatic rings. The van der Waals surface area contributed by atoms with E-state index in [4.69, 9.17) is 0 Å². The number of hydrogen-bond donors (Lipinski definition) is 0. The molecule has 1 aromatic carbocycles. The smallest absolute Gasteiger partial charge is 0.162 e. The Morgan fingerprint density at radius 2 is 1.93 bits per heavy atom. The van der Waals surface area contributed by atoms with E-state index in [-0.39, 0.29) is 0 Å². The molecule has 0 N–H and O–H groups in total. The molecule has 0 aliphatic carbocycles. The van der Waals surface area contributed by atoms with Gasteiger partial charge in [-0.3, -0.25) is 0 Å². The molecule has 2 nitrogen and oxygen atoms in total. The van der Waals surface area contributed by atoms with Gasteiger partial charge in [-0.2, -0.15) is 0 Å². The summed E-state index contributed by atoms with van der Waals surface area (Å²) in [6.45, 7) is 3.04. The number of benzene rings is 1. The lowest BCUT2D eigenvalue weighted by Gasteiger charge is -2.13. The number of halogens is 1. The average Bonchev–Trinajstić information content (AvgIpc) is 2.44. The van der Waals surface area contributed by atoms with Crippen LogP contribution in [0.2, 0.25) is 0 Å². The first kappa shape index (κ1) is 9.19. The number of para-hydroxylation sites is 2. The maximum Gasteiger partial charge on any atom is 0.162 e. The van der Waals surface area contributed by atoms with Crippen LogP contribution in [0.5, 0.6) is 0 Å². The van der Waals surface area contributed by atoms with Crippen LogP contribution in [0.15, 0.2) is 24.3 Å². The minimum atomic E-state index is -1.40. The summed E-state index contributed by atoms with van der Waals surface area (Å²) in [6.07, 6.45) is 0. The predicted octanol–water partition coefficient (Wildman–Crippen LogP) is 2.78. The van der Waals surface area contributed by atoms with Crippen LogP contribution in [0.4, 0.5) is 4.39 Å². The van der Waals surface area contributed by atoms with Crippen molar-refractivity contribution in [1.82, 2.24) is 9.55 Å². The number of fused-ring (bicyclic) bond motifs is 1. The molecule has 0 atom stereocenters. The van der Waals surface area contributed by atoms with E-state index in [1.807, 2.05) is 31.3 Å². The van der Waals surface area contributed by atoms with Crippen LogP contribution in [-0.4, -0.2) is 9.55 Å². The van der Waals surface area contributed by atoms with Gasteiger partial charge in [0, 0.05) is 7.05 Å². The summed E-state index contributed by atoms with van der Waals surface area (Å²) >= 11 is 0. The average molecular weight is 192 g/mol. The molecule has 0 spiro atoms. The summed E-state index contributed by atoms with van der Waals surface area (Å²) in [5, 5.41) is 0. The summed E-state index contributed by atoms with van der Waals surface area (Å²) in [4.78, 5) is 4.27. The zero-order chi connectivity index (χ0) is 10.3. The number of aryl methyl sites for hydroxylation is 1. The number of alkyl halides is 1. The highest BCUT2D eigenvalue weighted by molar-refractivity contribution is 5.75. The van der Waals surface area contributed by atoms with Gasteiger partial charge in [-0.05, 0) is 26.0 Å². The third kappa shape index (κ3) is 1.29. The van der Waals surface area contributed by atoms with E-state index in [9.17, 15) is 4.39 Å². The Labute approximate surface area is 82.4 Å². The van der Waals surface area contributed by atoms with Gasteiger partial charge in [0.25, 0.3) is 0 Å². The fraction of sp³-hybridized carbons (Fsp3) is 0.364. The maximum absolute atomic E-state index is 13.7. The second kappa shape index (κ2) is 2.80. The van der Waals surface area contributed by atoms with E-state index >= 15 is 0 Å². The van der Waals surface area contributed by atoms with Crippen LogP contribution in [0.3, 0.4) is 0 Å². The number of rotatable bonds is 1. The molecule has 0 aliphatic rings. The van der Waals surface area contributed by atoms with Gasteiger partial charge in [-0.15, -0.1) is 0 Å². The number of nitrogens with zero attached hydrogens (tertiary/aromatic N) is 2. The highest BCUT2D eigenvalue weighted by Crippen LogP contribution is 2.26. The van der Waals surface area contributed by atoms with Gasteiger partial charge in [-0.25, -0.2) is 9.37 Å². The molecule has 3 heteroatoms. The molecule has 0 amide bonds. The second-order valence-corrected chi connectivity index (χ2v) is 3.96. The predicted molar refractivity (Wildman–Crippen MR) is 54.8 cm³/mol. The third-order valence-corrected chi connectivity index (χ3v) is 2.32. The van der Waals surface area contributed by atoms with Crippen molar-refractivity contribution >= 4 is 11.0 Å². The van der Waals surface area contributed by atoms with Gasteiger partial charge < -0.3 is 4.57 Å². The summed E-state index contributed by atoms with van der Waals surface area (Å²) < 4.78 is 15.5. The van der Waals surface area contributed by atoms with Crippen molar-refractivity contribution < 1.29 is 4.39 Å². The summed E-state index contributed by atoms with van der Waals surface area (Å²) in [6, 6.07) is 7.67. The van der Waals surface area contributed by atoms with Crippen molar-refractivity contribution in [3.8, 4) is 0 Å². The molecular formula is C11H13FN2. The summed E-state index contributed by atoms with van der Waals surface area (Å²) in [7, 11) is 1.84. The maximum atomic E-state index is 13.7. The van der Waals surface area contributed by atoms with Crippen molar-refractivity contribution in [3.63, 3.8) is 0 Å². The highest BCUT2D eigenvalue weighted by atomic mass is 19.1. The Bertz CT molecular complexity index is 466. The SMILES string of the molecule is Cn1c(C(C)(C)F)nc2ccccc21. The molecule has 1 aromatic heterocycles. The molecule has 2 rings (SSSR count). The fourth-order valence-electron chi connectivity index (χ4n) is 1.68. The molecule has 1 heterocycles. The molecule has 74 valence electrons. The zero-order valence-corrected chi connectivity index (χ0v) is 8.58. The molecule has 14 heavy (non-hydrogen) atoms. The lowest BCUT2D eigenvalue weighted by Crippen LogP contribution is -2.15. The van der Waals surface area contributed by atoms with Gasteiger partial charge >= 0.3 is 0 Å². The normalized spacial score (nSPS) is 12.3. The highest BCUT2D eigenvalue weighted by Gasteiger charge is 2.25. The molecule has 0 fully saturated rings. The van der Waals surface area contributed by atoms with E-state index in [0.29, 0.717) is 5.82 Å². The van der Waals surface area contributed by atoms with Gasteiger partial charge in [0.05, 0.1) is 11.0 Å². The molecule has 0 aliphatic heterocycles. The summed E-state index contributed by atoms with van der Waals surface area (Å²) in [5.41, 5.74) is 0.414. The number of aromatic nitrogens is 2. The van der Waals surface area contributed by atoms with Crippen LogP contribution in [-0.2, 0) is 12.7 Å². The summed E-state index contributed by atoms with van der Waals surface area (Å²) in [5.74, 6) is 0.471. The van der Waals surface area contributed by atoms with Crippen LogP contribution in [0.1, 0.15) is 19.7 Å². The minimum Gasteiger partial charge on any atom is -0.328 e. The topological polar surface area (TPSA) is 17.8 Å². The quantitative estimate of drug-likeness (QED) is 0.679. The minimum absolute atomic E-state index is 0.471. The molecular weight excluding hydrogens is 179 g/mol. The van der Waals surface area contributed by atoms with E-state index in [2.05, 4.69) is 4.98 Å². The standard InChI is InChI=1S/C11H13FN2/c1-11(2,12)10-13-8-6-4-5-7-9(8)14(10)3/h4-7H,1-3H3. The van der Waals surface area contributed by atoms with Crippen molar-refractivity contribution in [1.29, 1.82) is 0 Å². The lowest BCUT2D eigenvalue weighted by atomic mass is 10.1. The Morgan fingerprint density at radius 3 is 2.50 bits per heavy atom. The second-order valence-electron chi connectivity index (χ2n) is 3.96. The van der Waals surface area contributed by atoms with Crippen molar-refractivity contribution in [3.05, 3.63) is 30.1 Å². The van der Waals surface area contributed by atoms with Gasteiger partial charge in [0.2, 0.25) is 0 Å². The molecule has 0 saturated heterocycles. The Balaban J connectivity index is 2.75. The molecule has 0 radical (unpaired) electrons. The zero-order valence-electron chi connectivity index (χ0n) is 8.58. The number of hydrogen-bond acceptors (Lipinski definition) is 1. The van der Waals surface area contributed by atoms with Crippen molar-refractivity contribution in [2.75, 3.05) is 0 Å². The monoisotopic (exact) mass is 192 g/mol. The van der Waals surface area contributed by atoms with E-state index in [1.165, 1.54) is 13.8 Å². The van der Waals surface area contributed by atoms with Crippen molar-refractivity contribution in [2.24, 2.45) is 7.05 Å². The fourth-order valence-corrected chi connectivity index (χ4v) is 1.68. The third-order valence-electron chi connectivity index (χ3n) is 2.32. The van der Waals surface area contributed by atoms with Crippen LogP contribution in [0.25, 0.3) is 11.0 Å². The Morgan fingerprint density at radius 1 is 1.29 bits per heavy atom. The van der Waals surface area contributed by atoms with Crippen LogP contribution in [0, 0.1) is 0 Å². The van der Waals surface area contributed by atoms with Crippen molar-refractivity contribution in [2.45, 2.75) is 19.5 Å². The first-order valence-electron chi connectivity index (χ1n) is 4.61. The first-order chi connectivity index (χ1) is 6.50. The lowest BCUT2D eigenvalue weighted by molar-refractivity contribution is 0.202. The molecule has 0 unspecified atom stereocenters. The van der Waals surface area contributed by atoms with Gasteiger partial charge in [0.15, 0.2) is 5.67 Å². The largest absolute Gasteiger partial charge is 0.328 e. The van der Waals surface area contributed by atoms with Crippen LogP contribution < -0.4 is 0 Å².